The van der Waals surface area contributed by atoms with Gasteiger partial charge in [-0.1, -0.05) is 187 Å². The van der Waals surface area contributed by atoms with Gasteiger partial charge in [-0.3, -0.25) is 4.90 Å². The third-order valence-corrected chi connectivity index (χ3v) is 13.0. The standard InChI is InChI=1S/C64H54N4/c1-42-35-44(3)59(45(4)36-42)61(60-46(5)37-43(2)38-47(60)6)51-31-33-56(34-32-51)68(58-30-20-19-29-57(58)50-25-15-9-16-26-50)64-66-62(52-27-17-10-18-28-52)65-63(67-64)55-40-53(48-21-11-7-12-22-48)39-54(41-55)49-23-13-8-14-24-49/h7-41,61H,1-6H3. The highest BCUT2D eigenvalue weighted by Crippen LogP contribution is 2.44. The zero-order valence-electron chi connectivity index (χ0n) is 39.6. The first-order valence-corrected chi connectivity index (χ1v) is 23.5. The summed E-state index contributed by atoms with van der Waals surface area (Å²) < 4.78 is 0. The number of rotatable bonds is 11. The number of aryl methyl sites for hydroxylation is 6. The molecule has 10 aromatic rings. The maximum Gasteiger partial charge on any atom is 0.238 e. The first kappa shape index (κ1) is 43.7. The van der Waals surface area contributed by atoms with Crippen molar-refractivity contribution in [1.82, 2.24) is 15.0 Å². The summed E-state index contributed by atoms with van der Waals surface area (Å²) in [6, 6.07) is 75.5. The second-order valence-corrected chi connectivity index (χ2v) is 18.0. The summed E-state index contributed by atoms with van der Waals surface area (Å²) in [5.74, 6) is 1.72. The van der Waals surface area contributed by atoms with E-state index in [2.05, 4.69) is 241 Å². The fourth-order valence-corrected chi connectivity index (χ4v) is 10.1. The molecule has 0 saturated carbocycles. The van der Waals surface area contributed by atoms with E-state index < -0.39 is 0 Å². The minimum absolute atomic E-state index is 0.0273. The molecule has 4 nitrogen and oxygen atoms in total. The monoisotopic (exact) mass is 878 g/mol. The highest BCUT2D eigenvalue weighted by atomic mass is 15.3. The van der Waals surface area contributed by atoms with Gasteiger partial charge in [-0.2, -0.15) is 9.97 Å². The predicted molar refractivity (Wildman–Crippen MR) is 284 cm³/mol. The molecule has 330 valence electrons. The van der Waals surface area contributed by atoms with Gasteiger partial charge < -0.3 is 0 Å². The molecule has 0 bridgehead atoms. The number of para-hydroxylation sites is 1. The van der Waals surface area contributed by atoms with Gasteiger partial charge in [0.15, 0.2) is 11.6 Å². The molecule has 0 spiro atoms. The van der Waals surface area contributed by atoms with Crippen molar-refractivity contribution in [2.45, 2.75) is 47.5 Å². The molecule has 0 radical (unpaired) electrons. The summed E-state index contributed by atoms with van der Waals surface area (Å²) in [7, 11) is 0. The van der Waals surface area contributed by atoms with E-state index in [4.69, 9.17) is 15.0 Å². The van der Waals surface area contributed by atoms with E-state index in [9.17, 15) is 0 Å². The Kier molecular flexibility index (Phi) is 12.2. The zero-order valence-corrected chi connectivity index (χ0v) is 39.6. The lowest BCUT2D eigenvalue weighted by molar-refractivity contribution is 0.919. The first-order valence-electron chi connectivity index (χ1n) is 23.5. The van der Waals surface area contributed by atoms with Crippen molar-refractivity contribution in [1.29, 1.82) is 0 Å². The number of hydrogen-bond acceptors (Lipinski definition) is 4. The van der Waals surface area contributed by atoms with Crippen LogP contribution < -0.4 is 4.90 Å². The van der Waals surface area contributed by atoms with Crippen molar-refractivity contribution >= 4 is 17.3 Å². The van der Waals surface area contributed by atoms with Gasteiger partial charge in [0, 0.05) is 28.3 Å². The van der Waals surface area contributed by atoms with Crippen molar-refractivity contribution in [3.63, 3.8) is 0 Å². The molecule has 0 amide bonds. The molecular weight excluding hydrogens is 825 g/mol. The van der Waals surface area contributed by atoms with Crippen LogP contribution in [0, 0.1) is 41.5 Å². The predicted octanol–water partition coefficient (Wildman–Crippen LogP) is 16.7. The molecular formula is C64H54N4. The van der Waals surface area contributed by atoms with Crippen molar-refractivity contribution in [2.24, 2.45) is 0 Å². The maximum absolute atomic E-state index is 5.51. The van der Waals surface area contributed by atoms with E-state index in [1.54, 1.807) is 0 Å². The average Bonchev–Trinajstić information content (AvgIpc) is 3.37. The van der Waals surface area contributed by atoms with Crippen LogP contribution >= 0.6 is 0 Å². The Morgan fingerprint density at radius 3 is 1.22 bits per heavy atom. The molecule has 0 fully saturated rings. The molecule has 0 atom stereocenters. The Labute approximate surface area is 401 Å². The Bertz CT molecular complexity index is 3220. The molecule has 10 rings (SSSR count). The van der Waals surface area contributed by atoms with Crippen LogP contribution in [-0.4, -0.2) is 15.0 Å². The van der Waals surface area contributed by atoms with E-state index in [1.807, 2.05) is 18.2 Å². The second-order valence-electron chi connectivity index (χ2n) is 18.0. The van der Waals surface area contributed by atoms with E-state index in [-0.39, 0.29) is 5.92 Å². The van der Waals surface area contributed by atoms with Gasteiger partial charge in [0.1, 0.15) is 0 Å². The lowest BCUT2D eigenvalue weighted by Crippen LogP contribution is -2.17. The van der Waals surface area contributed by atoms with Gasteiger partial charge in [0.05, 0.1) is 5.69 Å². The number of aromatic nitrogens is 3. The summed E-state index contributed by atoms with van der Waals surface area (Å²) in [5.41, 5.74) is 21.9. The molecule has 9 aromatic carbocycles. The normalized spacial score (nSPS) is 11.2. The summed E-state index contributed by atoms with van der Waals surface area (Å²) in [4.78, 5) is 18.4. The van der Waals surface area contributed by atoms with E-state index in [0.29, 0.717) is 17.6 Å². The van der Waals surface area contributed by atoms with Crippen LogP contribution in [0.2, 0.25) is 0 Å². The molecule has 1 aromatic heterocycles. The van der Waals surface area contributed by atoms with Crippen molar-refractivity contribution < 1.29 is 0 Å². The van der Waals surface area contributed by atoms with Gasteiger partial charge >= 0.3 is 0 Å². The number of hydrogen-bond donors (Lipinski definition) is 0. The van der Waals surface area contributed by atoms with Gasteiger partial charge in [0.2, 0.25) is 5.95 Å². The third-order valence-electron chi connectivity index (χ3n) is 13.0. The average molecular weight is 879 g/mol. The summed E-state index contributed by atoms with van der Waals surface area (Å²) in [6.07, 6.45) is 0. The van der Waals surface area contributed by atoms with Crippen LogP contribution in [0.5, 0.6) is 0 Å². The van der Waals surface area contributed by atoms with Crippen LogP contribution in [0.25, 0.3) is 56.2 Å². The Morgan fingerprint density at radius 2 is 0.735 bits per heavy atom. The third kappa shape index (κ3) is 8.89. The Balaban J connectivity index is 1.21. The SMILES string of the molecule is Cc1cc(C)c(C(c2ccc(N(c3nc(-c4ccccc4)nc(-c4cc(-c5ccccc5)cc(-c5ccccc5)c4)n3)c3ccccc3-c3ccccc3)cc2)c2c(C)cc(C)cc2C)c(C)c1. The van der Waals surface area contributed by atoms with E-state index >= 15 is 0 Å². The van der Waals surface area contributed by atoms with Gasteiger partial charge in [-0.05, 0) is 145 Å². The zero-order chi connectivity index (χ0) is 46.7. The minimum Gasteiger partial charge on any atom is -0.278 e. The van der Waals surface area contributed by atoms with Crippen molar-refractivity contribution in [3.8, 4) is 56.2 Å². The minimum atomic E-state index is 0.0273. The summed E-state index contributed by atoms with van der Waals surface area (Å²) in [6.45, 7) is 13.4. The lowest BCUT2D eigenvalue weighted by Gasteiger charge is -2.29. The quantitative estimate of drug-likeness (QED) is 0.121. The van der Waals surface area contributed by atoms with Crippen LogP contribution in [0.1, 0.15) is 56.0 Å². The summed E-state index contributed by atoms with van der Waals surface area (Å²) >= 11 is 0. The Hall–Kier alpha value is -8.21. The highest BCUT2D eigenvalue weighted by Gasteiger charge is 2.27. The second kappa shape index (κ2) is 18.9. The smallest absolute Gasteiger partial charge is 0.238 e. The van der Waals surface area contributed by atoms with Crippen LogP contribution in [-0.2, 0) is 0 Å². The van der Waals surface area contributed by atoms with E-state index in [0.717, 1.165) is 55.9 Å². The maximum atomic E-state index is 5.51. The molecule has 68 heavy (non-hydrogen) atoms. The fourth-order valence-electron chi connectivity index (χ4n) is 10.1. The molecule has 0 N–H and O–H groups in total. The molecule has 1 heterocycles. The van der Waals surface area contributed by atoms with Crippen LogP contribution in [0.15, 0.2) is 212 Å². The van der Waals surface area contributed by atoms with Crippen LogP contribution in [0.4, 0.5) is 17.3 Å². The number of anilines is 3. The topological polar surface area (TPSA) is 41.9 Å². The van der Waals surface area contributed by atoms with Crippen molar-refractivity contribution in [3.05, 3.63) is 262 Å². The molecule has 0 unspecified atom stereocenters. The van der Waals surface area contributed by atoms with Crippen molar-refractivity contribution in [2.75, 3.05) is 4.90 Å². The van der Waals surface area contributed by atoms with Gasteiger partial charge in [-0.25, -0.2) is 4.98 Å². The van der Waals surface area contributed by atoms with Gasteiger partial charge in [-0.15, -0.1) is 0 Å². The lowest BCUT2D eigenvalue weighted by atomic mass is 9.77. The Morgan fingerprint density at radius 1 is 0.338 bits per heavy atom. The van der Waals surface area contributed by atoms with E-state index in [1.165, 1.54) is 50.1 Å². The largest absolute Gasteiger partial charge is 0.278 e. The van der Waals surface area contributed by atoms with Gasteiger partial charge in [0.25, 0.3) is 0 Å². The molecule has 4 heteroatoms. The van der Waals surface area contributed by atoms with Crippen LogP contribution in [0.3, 0.4) is 0 Å². The first-order chi connectivity index (χ1) is 33.2. The summed E-state index contributed by atoms with van der Waals surface area (Å²) in [5, 5.41) is 0. The molecule has 0 aliphatic rings. The number of nitrogens with zero attached hydrogens (tertiary/aromatic N) is 4. The molecule has 0 saturated heterocycles. The highest BCUT2D eigenvalue weighted by molar-refractivity contribution is 5.87. The molecule has 0 aliphatic heterocycles. The molecule has 0 aliphatic carbocycles. The fraction of sp³-hybridized carbons (Fsp3) is 0.109. The number of benzene rings is 9.